The molecule has 0 saturated heterocycles. The molecule has 45 heavy (non-hydrogen) atoms. The number of aliphatic hydroxyl groups is 4. The zero-order valence-corrected chi connectivity index (χ0v) is 25.7. The number of fused-ring (bicyclic) bond motifs is 2. The molecule has 10 nitrogen and oxygen atoms in total. The van der Waals surface area contributed by atoms with E-state index in [0.29, 0.717) is 18.6 Å². The van der Waals surface area contributed by atoms with Crippen LogP contribution in [0.2, 0.25) is 5.02 Å². The molecule has 5 rings (SSSR count). The number of rotatable bonds is 8. The second-order valence-electron chi connectivity index (χ2n) is 12.5. The first-order valence-corrected chi connectivity index (χ1v) is 16.5. The zero-order chi connectivity index (χ0) is 33.0. The first-order chi connectivity index (χ1) is 21.0. The van der Waals surface area contributed by atoms with Crippen molar-refractivity contribution in [2.24, 2.45) is 23.7 Å². The van der Waals surface area contributed by atoms with Gasteiger partial charge in [0.1, 0.15) is 6.10 Å². The van der Waals surface area contributed by atoms with E-state index >= 15 is 0 Å². The van der Waals surface area contributed by atoms with E-state index in [4.69, 9.17) is 11.6 Å². The molecule has 8 atom stereocenters. The van der Waals surface area contributed by atoms with Gasteiger partial charge in [-0.1, -0.05) is 18.5 Å². The number of anilines is 1. The van der Waals surface area contributed by atoms with Gasteiger partial charge in [0.25, 0.3) is 5.91 Å². The molecule has 5 unspecified atom stereocenters. The van der Waals surface area contributed by atoms with Crippen molar-refractivity contribution in [2.45, 2.75) is 73.1 Å². The van der Waals surface area contributed by atoms with E-state index < -0.39 is 86.0 Å². The Bertz CT molecular complexity index is 1580. The molecule has 0 aliphatic heterocycles. The third-order valence-corrected chi connectivity index (χ3v) is 12.4. The molecule has 0 radical (unpaired) electrons. The van der Waals surface area contributed by atoms with E-state index in [2.05, 4.69) is 10.6 Å². The highest BCUT2D eigenvalue weighted by Crippen LogP contribution is 2.56. The molecular weight excluding hydrogens is 641 g/mol. The van der Waals surface area contributed by atoms with E-state index in [1.54, 1.807) is 0 Å². The topological polar surface area (TPSA) is 173 Å². The van der Waals surface area contributed by atoms with E-state index in [1.807, 2.05) is 6.92 Å². The maximum atomic E-state index is 13.9. The molecule has 0 spiro atoms. The molecule has 3 saturated carbocycles. The Balaban J connectivity index is 1.31. The molecule has 0 aromatic heterocycles. The van der Waals surface area contributed by atoms with Gasteiger partial charge in [0.2, 0.25) is 5.91 Å². The minimum Gasteiger partial charge on any atom is -0.390 e. The van der Waals surface area contributed by atoms with Crippen LogP contribution in [0.25, 0.3) is 0 Å². The predicted octanol–water partition coefficient (Wildman–Crippen LogP) is 2.56. The van der Waals surface area contributed by atoms with Crippen LogP contribution < -0.4 is 10.6 Å². The van der Waals surface area contributed by atoms with Crippen LogP contribution in [0.1, 0.15) is 49.4 Å². The first-order valence-electron chi connectivity index (χ1n) is 14.6. The van der Waals surface area contributed by atoms with Gasteiger partial charge in [0.15, 0.2) is 27.3 Å². The summed E-state index contributed by atoms with van der Waals surface area (Å²) in [5.74, 6) is -8.28. The number of nitrogens with one attached hydrogen (secondary N) is 2. The number of carbonyl (C=O) groups is 2. The first kappa shape index (κ1) is 33.6. The second kappa shape index (κ2) is 12.5. The van der Waals surface area contributed by atoms with Crippen molar-refractivity contribution < 1.29 is 51.6 Å². The highest BCUT2D eigenvalue weighted by atomic mass is 35.5. The lowest BCUT2D eigenvalue weighted by molar-refractivity contribution is -0.147. The Hall–Kier alpha value is -2.75. The quantitative estimate of drug-likeness (QED) is 0.232. The molecule has 3 fully saturated rings. The van der Waals surface area contributed by atoms with Gasteiger partial charge in [-0.05, 0) is 68.1 Å². The summed E-state index contributed by atoms with van der Waals surface area (Å²) in [6.45, 7) is 1.54. The zero-order valence-electron chi connectivity index (χ0n) is 24.1. The fraction of sp³-hybridized carbons (Fsp3) is 0.533. The SMILES string of the molecule is C[C@H]1CC2C[C@@H](S(=O)(=O)c3cc(C(=O)Nc4cc(F)c(F)c(F)c4)ccc3Cl)CC1[C@@]2(O)C(O)CNC(=O)C1CC(O)C(O)C1. The largest absolute Gasteiger partial charge is 0.390 e. The van der Waals surface area contributed by atoms with Gasteiger partial charge in [0.05, 0.1) is 33.0 Å². The van der Waals surface area contributed by atoms with Crippen molar-refractivity contribution in [3.05, 3.63) is 58.4 Å². The van der Waals surface area contributed by atoms with Crippen molar-refractivity contribution in [2.75, 3.05) is 11.9 Å². The number of amides is 2. The summed E-state index contributed by atoms with van der Waals surface area (Å²) in [4.78, 5) is 25.0. The summed E-state index contributed by atoms with van der Waals surface area (Å²) < 4.78 is 68.3. The van der Waals surface area contributed by atoms with Crippen molar-refractivity contribution in [1.29, 1.82) is 0 Å². The molecule has 2 bridgehead atoms. The van der Waals surface area contributed by atoms with E-state index in [1.165, 1.54) is 12.1 Å². The maximum Gasteiger partial charge on any atom is 0.255 e. The van der Waals surface area contributed by atoms with Crippen molar-refractivity contribution >= 4 is 38.9 Å². The molecule has 246 valence electrons. The number of hydrogen-bond acceptors (Lipinski definition) is 8. The normalized spacial score (nSPS) is 31.9. The highest BCUT2D eigenvalue weighted by molar-refractivity contribution is 7.92. The monoisotopic (exact) mass is 674 g/mol. The minimum absolute atomic E-state index is 0.0351. The van der Waals surface area contributed by atoms with Crippen LogP contribution >= 0.6 is 11.6 Å². The van der Waals surface area contributed by atoms with Gasteiger partial charge in [-0.2, -0.15) is 0 Å². The molecule has 3 aliphatic rings. The van der Waals surface area contributed by atoms with Crippen LogP contribution in [0, 0.1) is 41.1 Å². The summed E-state index contributed by atoms with van der Waals surface area (Å²) in [7, 11) is -4.20. The van der Waals surface area contributed by atoms with Crippen molar-refractivity contribution in [3.8, 4) is 0 Å². The molecule has 15 heteroatoms. The molecule has 0 heterocycles. The minimum atomic E-state index is -4.20. The van der Waals surface area contributed by atoms with Gasteiger partial charge < -0.3 is 31.1 Å². The second-order valence-corrected chi connectivity index (χ2v) is 15.1. The lowest BCUT2D eigenvalue weighted by atomic mass is 9.70. The average molecular weight is 675 g/mol. The smallest absolute Gasteiger partial charge is 0.255 e. The van der Waals surface area contributed by atoms with Crippen molar-refractivity contribution in [1.82, 2.24) is 5.32 Å². The summed E-state index contributed by atoms with van der Waals surface area (Å²) in [5, 5.41) is 45.9. The standard InChI is InChI=1S/C30H34ClF3N2O8S/c1-13-4-16-8-18(11-19(13)30(16,42)26(39)12-35-28(40)15-5-23(37)24(38)6-15)45(43,44)25-7-14(2-3-20(25)31)29(41)36-17-9-21(32)27(34)22(33)10-17/h2-3,7,9-10,13,15-16,18-19,23-24,26,37-39,42H,4-6,8,11-12H2,1H3,(H,35,40)(H,36,41)/t13-,15?,16?,18+,19?,23?,24?,26?,30+/m0/s1. The van der Waals surface area contributed by atoms with Crippen LogP contribution in [-0.4, -0.2) is 76.4 Å². The summed E-state index contributed by atoms with van der Waals surface area (Å²) in [6.07, 6.45) is -2.96. The Morgan fingerprint density at radius 3 is 2.24 bits per heavy atom. The van der Waals surface area contributed by atoms with Gasteiger partial charge in [-0.3, -0.25) is 9.59 Å². The summed E-state index contributed by atoms with van der Waals surface area (Å²) in [5.41, 5.74) is -2.28. The van der Waals surface area contributed by atoms with Crippen molar-refractivity contribution in [3.63, 3.8) is 0 Å². The molecule has 3 aliphatic carbocycles. The highest BCUT2D eigenvalue weighted by Gasteiger charge is 2.61. The van der Waals surface area contributed by atoms with Crippen LogP contribution in [0.15, 0.2) is 35.2 Å². The van der Waals surface area contributed by atoms with E-state index in [0.717, 1.165) is 6.07 Å². The average Bonchev–Trinajstić information content (AvgIpc) is 3.35. The van der Waals surface area contributed by atoms with Gasteiger partial charge in [0, 0.05) is 35.8 Å². The number of carbonyl (C=O) groups excluding carboxylic acids is 2. The summed E-state index contributed by atoms with van der Waals surface area (Å²) in [6, 6.07) is 4.60. The number of aliphatic hydroxyl groups excluding tert-OH is 3. The number of hydrogen-bond donors (Lipinski definition) is 6. The molecule has 2 aromatic rings. The number of sulfone groups is 1. The van der Waals surface area contributed by atoms with E-state index in [9.17, 15) is 51.6 Å². The van der Waals surface area contributed by atoms with Crippen LogP contribution in [-0.2, 0) is 14.6 Å². The third kappa shape index (κ3) is 6.20. The van der Waals surface area contributed by atoms with Crippen LogP contribution in [0.3, 0.4) is 0 Å². The summed E-state index contributed by atoms with van der Waals surface area (Å²) >= 11 is 6.28. The Morgan fingerprint density at radius 1 is 1.02 bits per heavy atom. The van der Waals surface area contributed by atoms with Crippen LogP contribution in [0.4, 0.5) is 18.9 Å². The van der Waals surface area contributed by atoms with Crippen LogP contribution in [0.5, 0.6) is 0 Å². The predicted molar refractivity (Wildman–Crippen MR) is 155 cm³/mol. The van der Waals surface area contributed by atoms with Gasteiger partial charge >= 0.3 is 0 Å². The van der Waals surface area contributed by atoms with Gasteiger partial charge in [-0.25, -0.2) is 21.6 Å². The fourth-order valence-electron chi connectivity index (χ4n) is 7.32. The van der Waals surface area contributed by atoms with Gasteiger partial charge in [-0.15, -0.1) is 0 Å². The molecule has 2 aromatic carbocycles. The van der Waals surface area contributed by atoms with E-state index in [-0.39, 0.29) is 59.3 Å². The number of benzene rings is 2. The lowest BCUT2D eigenvalue weighted by Crippen LogP contribution is -2.59. The number of halogens is 4. The molecule has 6 N–H and O–H groups in total. The Kier molecular flexibility index (Phi) is 9.30. The molecule has 2 amide bonds. The maximum absolute atomic E-state index is 13.9. The fourth-order valence-corrected chi connectivity index (χ4v) is 9.70. The molecular formula is C30H34ClF3N2O8S. The lowest BCUT2D eigenvalue weighted by Gasteiger charge is -2.46. The third-order valence-electron chi connectivity index (χ3n) is 9.71. The Labute approximate surface area is 262 Å². The Morgan fingerprint density at radius 2 is 1.64 bits per heavy atom.